The van der Waals surface area contributed by atoms with Gasteiger partial charge in [-0.1, -0.05) is 0 Å². The van der Waals surface area contributed by atoms with Gasteiger partial charge in [-0.25, -0.2) is 0 Å². The Balaban J connectivity index is 2.32. The van der Waals surface area contributed by atoms with Crippen LogP contribution in [0.4, 0.5) is 0 Å². The molecule has 0 rings (SSSR count). The molecule has 1 nitrogen and oxygen atoms in total. The normalized spacial score (nSPS) is 8.75. The van der Waals surface area contributed by atoms with Gasteiger partial charge in [-0.15, -0.1) is 0 Å². The van der Waals surface area contributed by atoms with E-state index in [4.69, 9.17) is 0 Å². The molecule has 0 aromatic heterocycles. The number of hydrogen-bond donors (Lipinski definition) is 0. The number of hydrogen-bond acceptors (Lipinski definition) is 1. The molecule has 2 radical (unpaired) electrons. The van der Waals surface area contributed by atoms with E-state index in [1.165, 1.54) is 24.7 Å². The van der Waals surface area contributed by atoms with Crippen LogP contribution in [0.15, 0.2) is 0 Å². The minimum absolute atomic E-state index is 1.23. The van der Waals surface area contributed by atoms with Crippen LogP contribution in [0.5, 0.6) is 0 Å². The summed E-state index contributed by atoms with van der Waals surface area (Å²) in [7, 11) is 4.12. The fraction of sp³-hybridized carbons (Fsp3) is 1.00. The minimum atomic E-state index is 1.23. The molecule has 0 aliphatic heterocycles. The van der Waals surface area contributed by atoms with Crippen molar-refractivity contribution in [3.05, 3.63) is 0 Å². The molecule has 0 aromatic carbocycles. The van der Waals surface area contributed by atoms with E-state index in [-0.39, 0.29) is 0 Å². The molecule has 0 heterocycles. The van der Waals surface area contributed by atoms with Crippen LogP contribution in [-0.4, -0.2) is 41.6 Å². The van der Waals surface area contributed by atoms with Gasteiger partial charge in [0, 0.05) is 0 Å². The monoisotopic (exact) mass is 159 g/mol. The first kappa shape index (κ1) is 4.83. The van der Waals surface area contributed by atoms with Gasteiger partial charge in [-0.05, 0) is 0 Å². The van der Waals surface area contributed by atoms with Gasteiger partial charge in [-0.3, -0.25) is 0 Å². The Morgan fingerprint density at radius 2 is 1.50 bits per heavy atom. The Bertz CT molecular complexity index is 10.8. The topological polar surface area (TPSA) is 3.24 Å². The van der Waals surface area contributed by atoms with Crippen molar-refractivity contribution in [2.45, 2.75) is 0 Å². The van der Waals surface area contributed by atoms with Crippen molar-refractivity contribution in [2.75, 3.05) is 14.1 Å². The standard InChI is InChI=1S/C2H6N.In/c1-3-2;/h1-2H3;/q-1;+1. The van der Waals surface area contributed by atoms with E-state index in [1.54, 1.807) is 0 Å². The molecule has 0 N–H and O–H groups in total. The predicted molar refractivity (Wildman–Crippen MR) is 19.4 cm³/mol. The third-order valence-electron chi connectivity index (χ3n) is 0. The quantitative estimate of drug-likeness (QED) is 0.466. The third kappa shape index (κ3) is 13.8. The Morgan fingerprint density at radius 3 is 1.50 bits per heavy atom. The van der Waals surface area contributed by atoms with Gasteiger partial charge in [0.25, 0.3) is 0 Å². The van der Waals surface area contributed by atoms with Crippen molar-refractivity contribution in [3.63, 3.8) is 0 Å². The summed E-state index contributed by atoms with van der Waals surface area (Å²) >= 11 is 1.23. The molecule has 0 aliphatic rings. The zero-order valence-electron chi connectivity index (χ0n) is 3.02. The third-order valence-corrected chi connectivity index (χ3v) is 0. The molecule has 2 heteroatoms. The zero-order valence-corrected chi connectivity index (χ0v) is 6.32. The van der Waals surface area contributed by atoms with E-state index in [0.29, 0.717) is 0 Å². The maximum absolute atomic E-state index is 2.13. The maximum atomic E-state index is 2.13. The molecule has 0 spiro atoms. The van der Waals surface area contributed by atoms with Crippen molar-refractivity contribution in [2.24, 2.45) is 0 Å². The molecule has 0 unspecified atom stereocenters. The molecular formula is C2H6InN. The second-order valence-corrected chi connectivity index (χ2v) is 3.91. The molecule has 0 saturated heterocycles. The first-order valence-electron chi connectivity index (χ1n) is 1.15. The predicted octanol–water partition coefficient (Wildman–Crippen LogP) is -0.369. The van der Waals surface area contributed by atoms with Crippen molar-refractivity contribution >= 4 is 24.7 Å². The van der Waals surface area contributed by atoms with Gasteiger partial charge in [0.2, 0.25) is 0 Å². The van der Waals surface area contributed by atoms with Gasteiger partial charge >= 0.3 is 41.6 Å². The molecule has 0 aromatic rings. The van der Waals surface area contributed by atoms with E-state index >= 15 is 0 Å². The summed E-state index contributed by atoms with van der Waals surface area (Å²) in [6, 6.07) is 0. The van der Waals surface area contributed by atoms with Crippen LogP contribution >= 0.6 is 0 Å². The van der Waals surface area contributed by atoms with Crippen molar-refractivity contribution in [3.8, 4) is 0 Å². The second-order valence-electron chi connectivity index (χ2n) is 0.964. The van der Waals surface area contributed by atoms with E-state index in [2.05, 4.69) is 17.0 Å². The average Bonchev–Trinajstić information content (AvgIpc) is 0.811. The van der Waals surface area contributed by atoms with Gasteiger partial charge in [0.1, 0.15) is 0 Å². The van der Waals surface area contributed by atoms with Gasteiger partial charge < -0.3 is 0 Å². The molecule has 0 aliphatic carbocycles. The molecule has 0 bridgehead atoms. The van der Waals surface area contributed by atoms with Gasteiger partial charge in [0.05, 0.1) is 0 Å². The molecule has 0 atom stereocenters. The summed E-state index contributed by atoms with van der Waals surface area (Å²) in [4.78, 5) is 0. The summed E-state index contributed by atoms with van der Waals surface area (Å²) in [6.07, 6.45) is 0. The summed E-state index contributed by atoms with van der Waals surface area (Å²) in [5.74, 6) is 0. The Hall–Kier alpha value is 0.830. The van der Waals surface area contributed by atoms with E-state index < -0.39 is 0 Å². The molecule has 0 fully saturated rings. The van der Waals surface area contributed by atoms with E-state index in [9.17, 15) is 0 Å². The van der Waals surface area contributed by atoms with Crippen molar-refractivity contribution < 1.29 is 0 Å². The molecule has 4 heavy (non-hydrogen) atoms. The summed E-state index contributed by atoms with van der Waals surface area (Å²) < 4.78 is 2.13. The molecule has 0 saturated carbocycles. The van der Waals surface area contributed by atoms with Crippen molar-refractivity contribution in [1.82, 2.24) is 2.89 Å². The Labute approximate surface area is 42.0 Å². The van der Waals surface area contributed by atoms with Crippen LogP contribution < -0.4 is 0 Å². The van der Waals surface area contributed by atoms with Crippen LogP contribution in [-0.2, 0) is 0 Å². The molecular weight excluding hydrogens is 153 g/mol. The number of rotatable bonds is 0. The van der Waals surface area contributed by atoms with E-state index in [0.717, 1.165) is 0 Å². The molecule has 0 amide bonds. The Kier molecular flexibility index (Phi) is 2.53. The van der Waals surface area contributed by atoms with Crippen LogP contribution in [0.2, 0.25) is 0 Å². The average molecular weight is 159 g/mol. The van der Waals surface area contributed by atoms with Crippen LogP contribution in [0.3, 0.4) is 0 Å². The van der Waals surface area contributed by atoms with E-state index in [1.807, 2.05) is 0 Å². The first-order chi connectivity index (χ1) is 1.73. The van der Waals surface area contributed by atoms with Crippen molar-refractivity contribution in [1.29, 1.82) is 0 Å². The second kappa shape index (κ2) is 2.09. The summed E-state index contributed by atoms with van der Waals surface area (Å²) in [5, 5.41) is 0. The summed E-state index contributed by atoms with van der Waals surface area (Å²) in [5.41, 5.74) is 0. The number of nitrogens with zero attached hydrogens (tertiary/aromatic N) is 1. The van der Waals surface area contributed by atoms with Crippen LogP contribution in [0.25, 0.3) is 0 Å². The Morgan fingerprint density at radius 1 is 1.50 bits per heavy atom. The van der Waals surface area contributed by atoms with Gasteiger partial charge in [-0.2, -0.15) is 0 Å². The molecule has 22 valence electrons. The fourth-order valence-electron chi connectivity index (χ4n) is 0. The van der Waals surface area contributed by atoms with Crippen LogP contribution in [0.1, 0.15) is 0 Å². The fourth-order valence-corrected chi connectivity index (χ4v) is 0. The SMILES string of the molecule is C[N](C)[In]. The first-order valence-corrected chi connectivity index (χ1v) is 2.63. The zero-order chi connectivity index (χ0) is 3.58. The summed E-state index contributed by atoms with van der Waals surface area (Å²) in [6.45, 7) is 0. The van der Waals surface area contributed by atoms with Gasteiger partial charge in [0.15, 0.2) is 0 Å². The van der Waals surface area contributed by atoms with Crippen LogP contribution in [0, 0.1) is 0 Å².